The van der Waals surface area contributed by atoms with E-state index in [-0.39, 0.29) is 23.7 Å². The number of likely N-dealkylation sites (N-methyl/N-ethyl adjacent to an activating group) is 1. The van der Waals surface area contributed by atoms with Gasteiger partial charge in [0.15, 0.2) is 11.6 Å². The van der Waals surface area contributed by atoms with Gasteiger partial charge in [-0.2, -0.15) is 0 Å². The van der Waals surface area contributed by atoms with Gasteiger partial charge in [-0.05, 0) is 67.4 Å². The minimum atomic E-state index is -0.590. The second-order valence-electron chi connectivity index (χ2n) is 9.86. The Bertz CT molecular complexity index is 1530. The smallest absolute Gasteiger partial charge is 0.254 e. The molecule has 7 nitrogen and oxygen atoms in total. The molecule has 2 saturated heterocycles. The van der Waals surface area contributed by atoms with Crippen molar-refractivity contribution >= 4 is 33.6 Å². The number of carbonyl (C=O) groups is 2. The van der Waals surface area contributed by atoms with Gasteiger partial charge in [0.25, 0.3) is 11.8 Å². The van der Waals surface area contributed by atoms with Gasteiger partial charge in [-0.3, -0.25) is 9.59 Å². The maximum atomic E-state index is 14.4. The van der Waals surface area contributed by atoms with Crippen molar-refractivity contribution in [3.63, 3.8) is 0 Å². The van der Waals surface area contributed by atoms with Gasteiger partial charge in [-0.1, -0.05) is 12.1 Å². The molecule has 2 unspecified atom stereocenters. The van der Waals surface area contributed by atoms with Crippen LogP contribution in [0.3, 0.4) is 0 Å². The number of likely N-dealkylation sites (tertiary alicyclic amines) is 1. The van der Waals surface area contributed by atoms with Crippen LogP contribution in [0.15, 0.2) is 48.5 Å². The van der Waals surface area contributed by atoms with Crippen molar-refractivity contribution in [2.75, 3.05) is 27.2 Å². The molecule has 0 saturated carbocycles. The van der Waals surface area contributed by atoms with Crippen LogP contribution in [-0.4, -0.2) is 65.9 Å². The lowest BCUT2D eigenvalue weighted by molar-refractivity contribution is 0.0473. The molecular formula is C28H27FN4O3. The fourth-order valence-electron chi connectivity index (χ4n) is 5.94. The van der Waals surface area contributed by atoms with Crippen molar-refractivity contribution in [1.29, 1.82) is 0 Å². The highest BCUT2D eigenvalue weighted by Gasteiger charge is 2.41. The number of rotatable bonds is 4. The lowest BCUT2D eigenvalue weighted by atomic mass is 9.98. The molecule has 2 aliphatic rings. The van der Waals surface area contributed by atoms with Gasteiger partial charge in [-0.25, -0.2) is 4.39 Å². The van der Waals surface area contributed by atoms with Crippen LogP contribution in [0.1, 0.15) is 33.6 Å². The molecule has 2 fully saturated rings. The summed E-state index contributed by atoms with van der Waals surface area (Å²) in [4.78, 5) is 33.5. The average Bonchev–Trinajstić information content (AvgIpc) is 3.36. The number of methoxy groups -OCH3 is 1. The number of nitrogens with zero attached hydrogens (tertiary/aromatic N) is 2. The number of halogens is 1. The molecule has 6 rings (SSSR count). The number of carbonyl (C=O) groups excluding carboxylic acids is 2. The quantitative estimate of drug-likeness (QED) is 0.453. The van der Waals surface area contributed by atoms with Crippen LogP contribution in [0.5, 0.6) is 5.75 Å². The molecule has 2 amide bonds. The van der Waals surface area contributed by atoms with Crippen molar-refractivity contribution in [2.45, 2.75) is 24.9 Å². The summed E-state index contributed by atoms with van der Waals surface area (Å²) in [5.74, 6) is -0.892. The number of nitrogens with one attached hydrogen (secondary N) is 1. The fraction of sp³-hybridized carbons (Fsp3) is 0.286. The molecule has 36 heavy (non-hydrogen) atoms. The average molecular weight is 487 g/mol. The van der Waals surface area contributed by atoms with Crippen molar-refractivity contribution in [3.05, 3.63) is 65.5 Å². The Kier molecular flexibility index (Phi) is 5.22. The maximum Gasteiger partial charge on any atom is 0.254 e. The van der Waals surface area contributed by atoms with E-state index in [2.05, 4.69) is 21.8 Å². The summed E-state index contributed by atoms with van der Waals surface area (Å²) in [6.07, 6.45) is 2.07. The number of primary amides is 1. The summed E-state index contributed by atoms with van der Waals surface area (Å²) in [5.41, 5.74) is 9.26. The van der Waals surface area contributed by atoms with Gasteiger partial charge in [0.05, 0.1) is 18.2 Å². The first-order valence-electron chi connectivity index (χ1n) is 12.1. The van der Waals surface area contributed by atoms with E-state index in [1.54, 1.807) is 18.2 Å². The minimum Gasteiger partial charge on any atom is -0.494 e. The van der Waals surface area contributed by atoms with E-state index in [1.165, 1.54) is 13.2 Å². The number of nitrogens with two attached hydrogens (primary N) is 1. The Labute approximate surface area is 207 Å². The van der Waals surface area contributed by atoms with Crippen LogP contribution in [0.2, 0.25) is 0 Å². The highest BCUT2D eigenvalue weighted by Crippen LogP contribution is 2.36. The minimum absolute atomic E-state index is 0.0423. The normalized spacial score (nSPS) is 19.8. The molecule has 0 radical (unpaired) electrons. The zero-order chi connectivity index (χ0) is 25.1. The molecule has 3 N–H and O–H groups in total. The van der Waals surface area contributed by atoms with E-state index in [9.17, 15) is 14.0 Å². The molecule has 2 bridgehead atoms. The largest absolute Gasteiger partial charge is 0.494 e. The third kappa shape index (κ3) is 3.52. The molecule has 1 aromatic heterocycles. The first-order valence-corrected chi connectivity index (χ1v) is 12.1. The summed E-state index contributed by atoms with van der Waals surface area (Å²) < 4.78 is 19.4. The molecule has 2 aliphatic heterocycles. The first kappa shape index (κ1) is 22.5. The Hall–Kier alpha value is -3.91. The standard InChI is InChI=1S/C28H27FN4O3/c1-32-13-18-5-6-19(14-32)33(18)28(35)16-3-7-20-21-9-17(15-4-8-25(36-2)23(29)11-15)10-22(27(30)34)26(21)31-24(20)12-16/h3-4,7-12,18-19,31H,5-6,13-14H2,1-2H3,(H2,30,34). The van der Waals surface area contributed by atoms with Crippen molar-refractivity contribution in [1.82, 2.24) is 14.8 Å². The van der Waals surface area contributed by atoms with Gasteiger partial charge >= 0.3 is 0 Å². The van der Waals surface area contributed by atoms with Crippen molar-refractivity contribution < 1.29 is 18.7 Å². The third-order valence-corrected chi connectivity index (χ3v) is 7.60. The number of hydrogen-bond acceptors (Lipinski definition) is 4. The Morgan fingerprint density at radius 2 is 1.75 bits per heavy atom. The van der Waals surface area contributed by atoms with Crippen LogP contribution in [0.4, 0.5) is 4.39 Å². The second-order valence-corrected chi connectivity index (χ2v) is 9.86. The highest BCUT2D eigenvalue weighted by molar-refractivity contribution is 6.17. The summed E-state index contributed by atoms with van der Waals surface area (Å²) in [7, 11) is 3.52. The summed E-state index contributed by atoms with van der Waals surface area (Å²) in [6, 6.07) is 14.3. The van der Waals surface area contributed by atoms with Crippen LogP contribution in [0, 0.1) is 5.82 Å². The molecule has 8 heteroatoms. The molecule has 2 atom stereocenters. The Morgan fingerprint density at radius 1 is 1.00 bits per heavy atom. The number of amides is 2. The van der Waals surface area contributed by atoms with Crippen molar-refractivity contribution in [3.8, 4) is 16.9 Å². The monoisotopic (exact) mass is 486 g/mol. The van der Waals surface area contributed by atoms with E-state index < -0.39 is 11.7 Å². The molecule has 184 valence electrons. The van der Waals surface area contributed by atoms with Crippen LogP contribution in [-0.2, 0) is 0 Å². The summed E-state index contributed by atoms with van der Waals surface area (Å²) in [5, 5.41) is 1.65. The Morgan fingerprint density at radius 3 is 2.42 bits per heavy atom. The van der Waals surface area contributed by atoms with Crippen molar-refractivity contribution in [2.24, 2.45) is 5.73 Å². The SMILES string of the molecule is COc1ccc(-c2cc(C(N)=O)c3[nH]c4cc(C(=O)N5C6CCC5CN(C)C6)ccc4c3c2)cc1F. The molecule has 3 heterocycles. The van der Waals surface area contributed by atoms with Gasteiger partial charge in [0.2, 0.25) is 0 Å². The van der Waals surface area contributed by atoms with Crippen LogP contribution < -0.4 is 10.5 Å². The van der Waals surface area contributed by atoms with E-state index in [0.29, 0.717) is 27.8 Å². The van der Waals surface area contributed by atoms with Gasteiger partial charge in [0, 0.05) is 47.0 Å². The molecule has 0 spiro atoms. The Balaban J connectivity index is 1.44. The highest BCUT2D eigenvalue weighted by atomic mass is 19.1. The van der Waals surface area contributed by atoms with E-state index in [4.69, 9.17) is 10.5 Å². The lowest BCUT2D eigenvalue weighted by Crippen LogP contribution is -2.54. The number of piperazine rings is 1. The number of benzene rings is 3. The van der Waals surface area contributed by atoms with E-state index in [1.807, 2.05) is 24.3 Å². The number of fused-ring (bicyclic) bond motifs is 5. The number of ether oxygens (including phenoxy) is 1. The number of H-pyrrole nitrogens is 1. The predicted molar refractivity (Wildman–Crippen MR) is 137 cm³/mol. The van der Waals surface area contributed by atoms with E-state index >= 15 is 0 Å². The summed E-state index contributed by atoms with van der Waals surface area (Å²) in [6.45, 7) is 1.79. The van der Waals surface area contributed by atoms with Gasteiger partial charge < -0.3 is 25.3 Å². The molecule has 0 aliphatic carbocycles. The molecule has 4 aromatic rings. The topological polar surface area (TPSA) is 91.7 Å². The first-order chi connectivity index (χ1) is 17.3. The fourth-order valence-corrected chi connectivity index (χ4v) is 5.94. The molecular weight excluding hydrogens is 459 g/mol. The zero-order valence-electron chi connectivity index (χ0n) is 20.2. The second kappa shape index (κ2) is 8.34. The molecule has 3 aromatic carbocycles. The zero-order valence-corrected chi connectivity index (χ0v) is 20.2. The maximum absolute atomic E-state index is 14.4. The van der Waals surface area contributed by atoms with E-state index in [0.717, 1.165) is 42.2 Å². The number of hydrogen-bond donors (Lipinski definition) is 2. The lowest BCUT2D eigenvalue weighted by Gasteiger charge is -2.39. The number of aromatic amines is 1. The van der Waals surface area contributed by atoms with Crippen LogP contribution in [0.25, 0.3) is 32.9 Å². The van der Waals surface area contributed by atoms with Crippen LogP contribution >= 0.6 is 0 Å². The predicted octanol–water partition coefficient (Wildman–Crippen LogP) is 4.15. The number of aromatic nitrogens is 1. The van der Waals surface area contributed by atoms with Gasteiger partial charge in [-0.15, -0.1) is 0 Å². The summed E-state index contributed by atoms with van der Waals surface area (Å²) >= 11 is 0. The van der Waals surface area contributed by atoms with Gasteiger partial charge in [0.1, 0.15) is 0 Å². The third-order valence-electron chi connectivity index (χ3n) is 7.60.